The molecular formula is C16H24FNO2. The zero-order valence-corrected chi connectivity index (χ0v) is 12.1. The van der Waals surface area contributed by atoms with Crippen LogP contribution in [0.5, 0.6) is 5.75 Å². The molecule has 20 heavy (non-hydrogen) atoms. The van der Waals surface area contributed by atoms with Crippen molar-refractivity contribution in [3.05, 3.63) is 24.0 Å². The SMILES string of the molecule is CCOc1ccc(NCC2(CO)CCCCC2)cc1F. The van der Waals surface area contributed by atoms with Gasteiger partial charge < -0.3 is 15.2 Å². The number of hydrogen-bond acceptors (Lipinski definition) is 3. The summed E-state index contributed by atoms with van der Waals surface area (Å²) in [6, 6.07) is 4.93. The number of halogens is 1. The number of hydrogen-bond donors (Lipinski definition) is 2. The summed E-state index contributed by atoms with van der Waals surface area (Å²) in [7, 11) is 0. The van der Waals surface area contributed by atoms with Crippen LogP contribution < -0.4 is 10.1 Å². The van der Waals surface area contributed by atoms with E-state index < -0.39 is 0 Å². The van der Waals surface area contributed by atoms with Gasteiger partial charge in [0, 0.05) is 23.7 Å². The van der Waals surface area contributed by atoms with Crippen molar-refractivity contribution in [1.29, 1.82) is 0 Å². The second-order valence-corrected chi connectivity index (χ2v) is 5.65. The standard InChI is InChI=1S/C16H24FNO2/c1-2-20-15-7-6-13(10-14(15)17)18-11-16(12-19)8-4-3-5-9-16/h6-7,10,18-19H,2-5,8-9,11-12H2,1H3. The molecule has 0 aromatic heterocycles. The molecule has 0 heterocycles. The van der Waals surface area contributed by atoms with Gasteiger partial charge in [-0.3, -0.25) is 0 Å². The van der Waals surface area contributed by atoms with Crippen molar-refractivity contribution in [2.24, 2.45) is 5.41 Å². The van der Waals surface area contributed by atoms with Crippen molar-refractivity contribution < 1.29 is 14.2 Å². The molecular weight excluding hydrogens is 257 g/mol. The highest BCUT2D eigenvalue weighted by atomic mass is 19.1. The Labute approximate surface area is 120 Å². The lowest BCUT2D eigenvalue weighted by Gasteiger charge is -2.36. The molecule has 3 nitrogen and oxygen atoms in total. The third-order valence-electron chi connectivity index (χ3n) is 4.15. The summed E-state index contributed by atoms with van der Waals surface area (Å²) < 4.78 is 18.9. The number of nitrogens with one attached hydrogen (secondary N) is 1. The van der Waals surface area contributed by atoms with Gasteiger partial charge in [-0.25, -0.2) is 4.39 Å². The Morgan fingerprint density at radius 3 is 2.65 bits per heavy atom. The molecule has 1 saturated carbocycles. The second-order valence-electron chi connectivity index (χ2n) is 5.65. The first kappa shape index (κ1) is 15.1. The van der Waals surface area contributed by atoms with E-state index in [1.807, 2.05) is 13.0 Å². The Morgan fingerprint density at radius 1 is 1.30 bits per heavy atom. The van der Waals surface area contributed by atoms with Crippen molar-refractivity contribution in [2.45, 2.75) is 39.0 Å². The third-order valence-corrected chi connectivity index (χ3v) is 4.15. The molecule has 1 fully saturated rings. The average molecular weight is 281 g/mol. The highest BCUT2D eigenvalue weighted by molar-refractivity contribution is 5.47. The third kappa shape index (κ3) is 3.63. The number of aliphatic hydroxyl groups is 1. The zero-order chi connectivity index (χ0) is 14.4. The molecule has 0 saturated heterocycles. The summed E-state index contributed by atoms with van der Waals surface area (Å²) in [6.07, 6.45) is 5.66. The van der Waals surface area contributed by atoms with Crippen molar-refractivity contribution in [2.75, 3.05) is 25.1 Å². The highest BCUT2D eigenvalue weighted by Crippen LogP contribution is 2.36. The Balaban J connectivity index is 1.97. The fourth-order valence-corrected chi connectivity index (χ4v) is 2.87. The maximum Gasteiger partial charge on any atom is 0.167 e. The van der Waals surface area contributed by atoms with Crippen LogP contribution in [0.3, 0.4) is 0 Å². The Morgan fingerprint density at radius 2 is 2.05 bits per heavy atom. The van der Waals surface area contributed by atoms with Gasteiger partial charge in [-0.2, -0.15) is 0 Å². The van der Waals surface area contributed by atoms with E-state index in [1.54, 1.807) is 6.07 Å². The van der Waals surface area contributed by atoms with Crippen LogP contribution in [0.25, 0.3) is 0 Å². The highest BCUT2D eigenvalue weighted by Gasteiger charge is 2.31. The molecule has 0 radical (unpaired) electrons. The summed E-state index contributed by atoms with van der Waals surface area (Å²) in [5, 5.41) is 12.9. The van der Waals surface area contributed by atoms with Gasteiger partial charge in [-0.1, -0.05) is 19.3 Å². The number of rotatable bonds is 6. The predicted molar refractivity (Wildman–Crippen MR) is 78.7 cm³/mol. The quantitative estimate of drug-likeness (QED) is 0.837. The molecule has 1 aliphatic rings. The largest absolute Gasteiger partial charge is 0.491 e. The lowest BCUT2D eigenvalue weighted by molar-refractivity contribution is 0.0944. The van der Waals surface area contributed by atoms with Gasteiger partial charge >= 0.3 is 0 Å². The van der Waals surface area contributed by atoms with Crippen molar-refractivity contribution in [3.8, 4) is 5.75 Å². The van der Waals surface area contributed by atoms with Gasteiger partial charge in [-0.15, -0.1) is 0 Å². The van der Waals surface area contributed by atoms with Crippen LogP contribution >= 0.6 is 0 Å². The van der Waals surface area contributed by atoms with Gasteiger partial charge in [0.05, 0.1) is 13.2 Å². The van der Waals surface area contributed by atoms with Crippen molar-refractivity contribution in [1.82, 2.24) is 0 Å². The van der Waals surface area contributed by atoms with Crippen molar-refractivity contribution in [3.63, 3.8) is 0 Å². The molecule has 0 atom stereocenters. The van der Waals surface area contributed by atoms with Gasteiger partial charge in [-0.05, 0) is 31.9 Å². The smallest absolute Gasteiger partial charge is 0.167 e. The zero-order valence-electron chi connectivity index (χ0n) is 12.1. The van der Waals surface area contributed by atoms with Crippen LogP contribution in [0.2, 0.25) is 0 Å². The Hall–Kier alpha value is -1.29. The van der Waals surface area contributed by atoms with Crippen LogP contribution in [-0.4, -0.2) is 24.9 Å². The van der Waals surface area contributed by atoms with Crippen LogP contribution in [0.15, 0.2) is 18.2 Å². The Kier molecular flexibility index (Phi) is 5.24. The van der Waals surface area contributed by atoms with Gasteiger partial charge in [0.2, 0.25) is 0 Å². The topological polar surface area (TPSA) is 41.5 Å². The minimum absolute atomic E-state index is 0.0483. The Bertz CT molecular complexity index is 430. The molecule has 4 heteroatoms. The van der Waals surface area contributed by atoms with E-state index in [-0.39, 0.29) is 23.6 Å². The summed E-state index contributed by atoms with van der Waals surface area (Å²) >= 11 is 0. The van der Waals surface area contributed by atoms with Crippen molar-refractivity contribution >= 4 is 5.69 Å². The molecule has 1 aromatic carbocycles. The summed E-state index contributed by atoms with van der Waals surface area (Å²) in [5.74, 6) is -0.0638. The lowest BCUT2D eigenvalue weighted by Crippen LogP contribution is -2.35. The molecule has 2 rings (SSSR count). The van der Waals surface area contributed by atoms with E-state index in [2.05, 4.69) is 5.32 Å². The minimum Gasteiger partial charge on any atom is -0.491 e. The van der Waals surface area contributed by atoms with Crippen LogP contribution in [-0.2, 0) is 0 Å². The molecule has 112 valence electrons. The lowest BCUT2D eigenvalue weighted by atomic mass is 9.74. The maximum absolute atomic E-state index is 13.8. The fourth-order valence-electron chi connectivity index (χ4n) is 2.87. The first-order chi connectivity index (χ1) is 9.69. The van der Waals surface area contributed by atoms with E-state index in [0.717, 1.165) is 18.5 Å². The molecule has 0 aliphatic heterocycles. The van der Waals surface area contributed by atoms with E-state index in [1.165, 1.54) is 25.3 Å². The molecule has 1 aromatic rings. The monoisotopic (exact) mass is 281 g/mol. The van der Waals surface area contributed by atoms with E-state index in [0.29, 0.717) is 13.2 Å². The predicted octanol–water partition coefficient (Wildman–Crippen LogP) is 3.58. The van der Waals surface area contributed by atoms with Crippen LogP contribution in [0, 0.1) is 11.2 Å². The first-order valence-electron chi connectivity index (χ1n) is 7.46. The number of ether oxygens (including phenoxy) is 1. The normalized spacial score (nSPS) is 17.8. The van der Waals surface area contributed by atoms with Gasteiger partial charge in [0.15, 0.2) is 11.6 Å². The van der Waals surface area contributed by atoms with Gasteiger partial charge in [0.25, 0.3) is 0 Å². The maximum atomic E-state index is 13.8. The molecule has 0 amide bonds. The van der Waals surface area contributed by atoms with Gasteiger partial charge in [0.1, 0.15) is 0 Å². The van der Waals surface area contributed by atoms with E-state index in [9.17, 15) is 9.50 Å². The number of benzene rings is 1. The number of anilines is 1. The van der Waals surface area contributed by atoms with Crippen LogP contribution in [0.4, 0.5) is 10.1 Å². The number of aliphatic hydroxyl groups excluding tert-OH is 1. The van der Waals surface area contributed by atoms with E-state index in [4.69, 9.17) is 4.74 Å². The fraction of sp³-hybridized carbons (Fsp3) is 0.625. The summed E-state index contributed by atoms with van der Waals surface area (Å²) in [4.78, 5) is 0. The molecule has 0 bridgehead atoms. The molecule has 1 aliphatic carbocycles. The molecule has 0 unspecified atom stereocenters. The van der Waals surface area contributed by atoms with E-state index >= 15 is 0 Å². The molecule has 0 spiro atoms. The minimum atomic E-state index is -0.349. The van der Waals surface area contributed by atoms with Crippen LogP contribution in [0.1, 0.15) is 39.0 Å². The summed E-state index contributed by atoms with van der Waals surface area (Å²) in [5.41, 5.74) is 0.692. The average Bonchev–Trinajstić information content (AvgIpc) is 2.49. The summed E-state index contributed by atoms with van der Waals surface area (Å²) in [6.45, 7) is 3.17. The first-order valence-corrected chi connectivity index (χ1v) is 7.46. The second kappa shape index (κ2) is 6.93. The molecule has 2 N–H and O–H groups in total.